The van der Waals surface area contributed by atoms with Crippen LogP contribution < -0.4 is 10.6 Å². The first kappa shape index (κ1) is 17.7. The molecule has 1 heterocycles. The first-order chi connectivity index (χ1) is 12.1. The highest BCUT2D eigenvalue weighted by molar-refractivity contribution is 7.13. The number of carbonyl (C=O) groups excluding carboxylic acids is 1. The molecule has 0 spiro atoms. The smallest absolute Gasteiger partial charge is 0.226 e. The van der Waals surface area contributed by atoms with Crippen molar-refractivity contribution in [1.29, 1.82) is 0 Å². The molecule has 2 N–H and O–H groups in total. The maximum absolute atomic E-state index is 12.1. The Morgan fingerprint density at radius 3 is 2.76 bits per heavy atom. The Morgan fingerprint density at radius 1 is 1.12 bits per heavy atom. The average molecular weight is 392 g/mol. The summed E-state index contributed by atoms with van der Waals surface area (Å²) in [4.78, 5) is 16.5. The van der Waals surface area contributed by atoms with Crippen molar-refractivity contribution < 1.29 is 4.79 Å². The maximum atomic E-state index is 12.1. The van der Waals surface area contributed by atoms with Gasteiger partial charge in [0.1, 0.15) is 0 Å². The van der Waals surface area contributed by atoms with Gasteiger partial charge in [0.25, 0.3) is 0 Å². The largest absolute Gasteiger partial charge is 0.352 e. The van der Waals surface area contributed by atoms with E-state index >= 15 is 0 Å². The number of halogens is 2. The van der Waals surface area contributed by atoms with Gasteiger partial charge in [-0.3, -0.25) is 4.79 Å². The van der Waals surface area contributed by atoms with E-state index in [2.05, 4.69) is 15.6 Å². The van der Waals surface area contributed by atoms with Gasteiger partial charge in [0.15, 0.2) is 5.13 Å². The number of thiazole rings is 1. The molecule has 3 rings (SSSR count). The third-order valence-corrected chi connectivity index (χ3v) is 4.81. The molecule has 1 amide bonds. The predicted octanol–water partition coefficient (Wildman–Crippen LogP) is 5.05. The molecule has 3 aromatic rings. The normalized spacial score (nSPS) is 10.5. The third kappa shape index (κ3) is 5.19. The quantitative estimate of drug-likeness (QED) is 0.617. The molecular weight excluding hydrogens is 377 g/mol. The van der Waals surface area contributed by atoms with Gasteiger partial charge in [0.2, 0.25) is 5.91 Å². The lowest BCUT2D eigenvalue weighted by atomic mass is 10.2. The Balaban J connectivity index is 1.54. The van der Waals surface area contributed by atoms with Crippen molar-refractivity contribution in [2.45, 2.75) is 13.0 Å². The van der Waals surface area contributed by atoms with Gasteiger partial charge < -0.3 is 10.6 Å². The minimum Gasteiger partial charge on any atom is -0.352 e. The number of hydrogen-bond donors (Lipinski definition) is 2. The zero-order chi connectivity index (χ0) is 17.6. The predicted molar refractivity (Wildman–Crippen MR) is 104 cm³/mol. The standard InChI is InChI=1S/C18H15Cl2N3OS/c19-13-5-3-6-14(8-13)22-18-23-15(11-25-18)9-17(24)21-10-12-4-1-2-7-16(12)20/h1-8,11H,9-10H2,(H,21,24)(H,22,23). The van der Waals surface area contributed by atoms with Crippen molar-refractivity contribution in [2.24, 2.45) is 0 Å². The fourth-order valence-corrected chi connectivity index (χ4v) is 3.32. The summed E-state index contributed by atoms with van der Waals surface area (Å²) in [6, 6.07) is 14.8. The summed E-state index contributed by atoms with van der Waals surface area (Å²) in [5.41, 5.74) is 2.46. The topological polar surface area (TPSA) is 54.0 Å². The lowest BCUT2D eigenvalue weighted by Gasteiger charge is -2.06. The maximum Gasteiger partial charge on any atom is 0.226 e. The van der Waals surface area contributed by atoms with Crippen molar-refractivity contribution in [1.82, 2.24) is 10.3 Å². The molecule has 7 heteroatoms. The third-order valence-electron chi connectivity index (χ3n) is 3.40. The minimum atomic E-state index is -0.0977. The van der Waals surface area contributed by atoms with Crippen molar-refractivity contribution in [3.8, 4) is 0 Å². The van der Waals surface area contributed by atoms with Gasteiger partial charge in [-0.15, -0.1) is 11.3 Å². The van der Waals surface area contributed by atoms with E-state index in [4.69, 9.17) is 23.2 Å². The molecular formula is C18H15Cl2N3OS. The number of aromatic nitrogens is 1. The van der Waals surface area contributed by atoms with E-state index in [0.717, 1.165) is 16.4 Å². The molecule has 0 aliphatic carbocycles. The van der Waals surface area contributed by atoms with E-state index in [-0.39, 0.29) is 12.3 Å². The Morgan fingerprint density at radius 2 is 1.96 bits per heavy atom. The highest BCUT2D eigenvalue weighted by atomic mass is 35.5. The van der Waals surface area contributed by atoms with Gasteiger partial charge in [-0.25, -0.2) is 4.98 Å². The first-order valence-corrected chi connectivity index (χ1v) is 9.21. The molecule has 1 aromatic heterocycles. The van der Waals surface area contributed by atoms with E-state index in [9.17, 15) is 4.79 Å². The second-order valence-corrected chi connectivity index (χ2v) is 7.03. The van der Waals surface area contributed by atoms with Crippen LogP contribution >= 0.6 is 34.5 Å². The zero-order valence-corrected chi connectivity index (χ0v) is 15.5. The van der Waals surface area contributed by atoms with Gasteiger partial charge in [-0.05, 0) is 29.8 Å². The monoisotopic (exact) mass is 391 g/mol. The van der Waals surface area contributed by atoms with Crippen LogP contribution in [0.15, 0.2) is 53.9 Å². The summed E-state index contributed by atoms with van der Waals surface area (Å²) in [7, 11) is 0. The zero-order valence-electron chi connectivity index (χ0n) is 13.1. The SMILES string of the molecule is O=C(Cc1csc(Nc2cccc(Cl)c2)n1)NCc1ccccc1Cl. The number of anilines is 2. The van der Waals surface area contributed by atoms with E-state index in [1.165, 1.54) is 11.3 Å². The number of amides is 1. The Kier molecular flexibility index (Phi) is 5.91. The van der Waals surface area contributed by atoms with Gasteiger partial charge in [-0.1, -0.05) is 47.5 Å². The van der Waals surface area contributed by atoms with Crippen LogP contribution in [0.25, 0.3) is 0 Å². The molecule has 0 unspecified atom stereocenters. The van der Waals surface area contributed by atoms with Crippen LogP contribution in [0.2, 0.25) is 10.0 Å². The number of benzene rings is 2. The Labute approximate surface area is 159 Å². The molecule has 0 atom stereocenters. The fraction of sp³-hybridized carbons (Fsp3) is 0.111. The molecule has 128 valence electrons. The second kappa shape index (κ2) is 8.34. The lowest BCUT2D eigenvalue weighted by Crippen LogP contribution is -2.24. The molecule has 0 saturated heterocycles. The summed E-state index contributed by atoms with van der Waals surface area (Å²) in [6.07, 6.45) is 0.220. The van der Waals surface area contributed by atoms with E-state index < -0.39 is 0 Å². The van der Waals surface area contributed by atoms with Crippen molar-refractivity contribution >= 4 is 51.3 Å². The van der Waals surface area contributed by atoms with Crippen LogP contribution in [-0.2, 0) is 17.8 Å². The van der Waals surface area contributed by atoms with Crippen LogP contribution in [-0.4, -0.2) is 10.9 Å². The fourth-order valence-electron chi connectivity index (χ4n) is 2.20. The number of nitrogens with zero attached hydrogens (tertiary/aromatic N) is 1. The highest BCUT2D eigenvalue weighted by Crippen LogP contribution is 2.23. The lowest BCUT2D eigenvalue weighted by molar-refractivity contribution is -0.120. The second-order valence-electron chi connectivity index (χ2n) is 5.32. The first-order valence-electron chi connectivity index (χ1n) is 7.57. The molecule has 25 heavy (non-hydrogen) atoms. The molecule has 0 aliphatic heterocycles. The number of nitrogens with one attached hydrogen (secondary N) is 2. The van der Waals surface area contributed by atoms with Gasteiger partial charge in [0.05, 0.1) is 12.1 Å². The van der Waals surface area contributed by atoms with Crippen molar-refractivity contribution in [2.75, 3.05) is 5.32 Å². The van der Waals surface area contributed by atoms with Crippen LogP contribution in [0.4, 0.5) is 10.8 Å². The van der Waals surface area contributed by atoms with Crippen LogP contribution in [0.3, 0.4) is 0 Å². The van der Waals surface area contributed by atoms with Crippen LogP contribution in [0.1, 0.15) is 11.3 Å². The summed E-state index contributed by atoms with van der Waals surface area (Å²) >= 11 is 13.5. The van der Waals surface area contributed by atoms with Gasteiger partial charge in [-0.2, -0.15) is 0 Å². The highest BCUT2D eigenvalue weighted by Gasteiger charge is 2.09. The Hall–Kier alpha value is -2.08. The molecule has 0 fully saturated rings. The number of rotatable bonds is 6. The summed E-state index contributed by atoms with van der Waals surface area (Å²) < 4.78 is 0. The molecule has 0 radical (unpaired) electrons. The van der Waals surface area contributed by atoms with Crippen LogP contribution in [0.5, 0.6) is 0 Å². The Bertz CT molecular complexity index is 882. The molecule has 4 nitrogen and oxygen atoms in total. The molecule has 0 saturated carbocycles. The van der Waals surface area contributed by atoms with Crippen molar-refractivity contribution in [3.05, 3.63) is 75.2 Å². The van der Waals surface area contributed by atoms with E-state index in [1.54, 1.807) is 6.07 Å². The molecule has 0 bridgehead atoms. The van der Waals surface area contributed by atoms with E-state index in [0.29, 0.717) is 22.3 Å². The molecule has 0 aliphatic rings. The van der Waals surface area contributed by atoms with Gasteiger partial charge >= 0.3 is 0 Å². The van der Waals surface area contributed by atoms with Crippen molar-refractivity contribution in [3.63, 3.8) is 0 Å². The molecule has 2 aromatic carbocycles. The van der Waals surface area contributed by atoms with Crippen LogP contribution in [0, 0.1) is 0 Å². The summed E-state index contributed by atoms with van der Waals surface area (Å²) in [5, 5.41) is 9.91. The summed E-state index contributed by atoms with van der Waals surface area (Å²) in [5.74, 6) is -0.0977. The average Bonchev–Trinajstić information content (AvgIpc) is 3.01. The van der Waals surface area contributed by atoms with E-state index in [1.807, 2.05) is 47.8 Å². The number of hydrogen-bond acceptors (Lipinski definition) is 4. The van der Waals surface area contributed by atoms with Gasteiger partial charge in [0, 0.05) is 27.7 Å². The minimum absolute atomic E-state index is 0.0977. The summed E-state index contributed by atoms with van der Waals surface area (Å²) in [6.45, 7) is 0.399. The number of carbonyl (C=O) groups is 1.